The second-order valence-corrected chi connectivity index (χ2v) is 8.18. The van der Waals surface area contributed by atoms with Crippen LogP contribution in [0.5, 0.6) is 5.75 Å². The lowest BCUT2D eigenvalue weighted by molar-refractivity contribution is -0.384. The van der Waals surface area contributed by atoms with Gasteiger partial charge in [-0.25, -0.2) is 0 Å². The van der Waals surface area contributed by atoms with Gasteiger partial charge in [-0.1, -0.05) is 6.07 Å². The Morgan fingerprint density at radius 1 is 1.23 bits per heavy atom. The molecule has 7 nitrogen and oxygen atoms in total. The quantitative estimate of drug-likeness (QED) is 0.301. The number of likely N-dealkylation sites (N-methyl/N-ethyl adjacent to an activating group) is 1. The minimum absolute atomic E-state index is 0.0377. The SMILES string of the molecule is CCN=C1S/C(=C/c2ccc(OCc3ccc([N+](=O)[O-])cc3)c(Br)c2)C(=O)N1CC. The zero-order valence-corrected chi connectivity index (χ0v) is 18.9. The number of nitro benzene ring substituents is 1. The average Bonchev–Trinajstić information content (AvgIpc) is 3.02. The molecule has 156 valence electrons. The molecule has 3 rings (SSSR count). The molecule has 1 amide bonds. The summed E-state index contributed by atoms with van der Waals surface area (Å²) in [6.45, 7) is 5.38. The van der Waals surface area contributed by atoms with Crippen molar-refractivity contribution in [2.24, 2.45) is 4.99 Å². The number of nitro groups is 1. The van der Waals surface area contributed by atoms with Crippen LogP contribution in [0.1, 0.15) is 25.0 Å². The summed E-state index contributed by atoms with van der Waals surface area (Å²) >= 11 is 4.89. The third-order valence-corrected chi connectivity index (χ3v) is 5.96. The number of carbonyl (C=O) groups is 1. The Hall–Kier alpha value is -2.65. The first-order valence-corrected chi connectivity index (χ1v) is 11.0. The van der Waals surface area contributed by atoms with Crippen LogP contribution in [0.3, 0.4) is 0 Å². The second-order valence-electron chi connectivity index (χ2n) is 6.32. The highest BCUT2D eigenvalue weighted by atomic mass is 79.9. The predicted octanol–water partition coefficient (Wildman–Crippen LogP) is 5.25. The Bertz CT molecular complexity index is 1020. The maximum Gasteiger partial charge on any atom is 0.269 e. The Labute approximate surface area is 187 Å². The van der Waals surface area contributed by atoms with Gasteiger partial charge in [0.1, 0.15) is 12.4 Å². The molecular formula is C21H20BrN3O4S. The number of hydrogen-bond acceptors (Lipinski definition) is 6. The molecule has 1 aliphatic rings. The van der Waals surface area contributed by atoms with Crippen molar-refractivity contribution in [2.45, 2.75) is 20.5 Å². The Balaban J connectivity index is 1.71. The number of rotatable bonds is 7. The van der Waals surface area contributed by atoms with Crippen molar-refractivity contribution in [1.29, 1.82) is 0 Å². The van der Waals surface area contributed by atoms with Gasteiger partial charge in [-0.3, -0.25) is 24.8 Å². The molecule has 2 aromatic rings. The third kappa shape index (κ3) is 5.09. The van der Waals surface area contributed by atoms with Gasteiger partial charge in [0.25, 0.3) is 11.6 Å². The van der Waals surface area contributed by atoms with Crippen LogP contribution in [0.4, 0.5) is 5.69 Å². The maximum atomic E-state index is 12.6. The number of nitrogens with zero attached hydrogens (tertiary/aromatic N) is 3. The van der Waals surface area contributed by atoms with E-state index >= 15 is 0 Å². The van der Waals surface area contributed by atoms with Gasteiger partial charge < -0.3 is 4.74 Å². The molecule has 1 fully saturated rings. The summed E-state index contributed by atoms with van der Waals surface area (Å²) in [5.74, 6) is 0.605. The summed E-state index contributed by atoms with van der Waals surface area (Å²) in [6.07, 6.45) is 1.85. The number of benzene rings is 2. The summed E-state index contributed by atoms with van der Waals surface area (Å²) in [5, 5.41) is 11.5. The molecule has 2 aromatic carbocycles. The largest absolute Gasteiger partial charge is 0.488 e. The van der Waals surface area contributed by atoms with Crippen molar-refractivity contribution in [2.75, 3.05) is 13.1 Å². The molecule has 1 heterocycles. The first-order valence-electron chi connectivity index (χ1n) is 9.34. The van der Waals surface area contributed by atoms with Crippen molar-refractivity contribution >= 4 is 50.5 Å². The molecule has 0 aromatic heterocycles. The molecule has 0 aliphatic carbocycles. The van der Waals surface area contributed by atoms with Gasteiger partial charge in [0.15, 0.2) is 5.17 Å². The summed E-state index contributed by atoms with van der Waals surface area (Å²) in [5.41, 5.74) is 1.74. The van der Waals surface area contributed by atoms with E-state index in [1.807, 2.05) is 38.1 Å². The van der Waals surface area contributed by atoms with E-state index < -0.39 is 4.92 Å². The molecule has 30 heavy (non-hydrogen) atoms. The Kier molecular flexibility index (Phi) is 7.28. The van der Waals surface area contributed by atoms with Crippen LogP contribution in [0.25, 0.3) is 6.08 Å². The molecule has 1 saturated heterocycles. The predicted molar refractivity (Wildman–Crippen MR) is 123 cm³/mol. The fourth-order valence-corrected chi connectivity index (χ4v) is 4.41. The second kappa shape index (κ2) is 9.90. The monoisotopic (exact) mass is 489 g/mol. The number of amides is 1. The summed E-state index contributed by atoms with van der Waals surface area (Å²) in [4.78, 5) is 29.6. The number of thioether (sulfide) groups is 1. The van der Waals surface area contributed by atoms with Crippen LogP contribution in [0, 0.1) is 10.1 Å². The molecule has 0 atom stereocenters. The molecular weight excluding hydrogens is 470 g/mol. The number of amidine groups is 1. The van der Waals surface area contributed by atoms with Gasteiger partial charge in [-0.15, -0.1) is 0 Å². The van der Waals surface area contributed by atoms with E-state index in [2.05, 4.69) is 20.9 Å². The lowest BCUT2D eigenvalue weighted by Gasteiger charge is -2.11. The van der Waals surface area contributed by atoms with Crippen molar-refractivity contribution in [1.82, 2.24) is 4.90 Å². The molecule has 0 N–H and O–H groups in total. The van der Waals surface area contributed by atoms with Crippen LogP contribution < -0.4 is 4.74 Å². The first-order chi connectivity index (χ1) is 14.4. The minimum atomic E-state index is -0.432. The standard InChI is InChI=1S/C21H20BrN3O4S/c1-3-23-21-24(4-2)20(26)19(30-21)12-15-7-10-18(17(22)11-15)29-13-14-5-8-16(9-6-14)25(27)28/h5-12H,3-4,13H2,1-2H3/b19-12+,23-21?. The van der Waals surface area contributed by atoms with Crippen LogP contribution >= 0.6 is 27.7 Å². The molecule has 0 unspecified atom stereocenters. The van der Waals surface area contributed by atoms with Gasteiger partial charge in [-0.2, -0.15) is 0 Å². The van der Waals surface area contributed by atoms with Crippen molar-refractivity contribution in [3.05, 3.63) is 73.1 Å². The van der Waals surface area contributed by atoms with E-state index in [1.165, 1.54) is 23.9 Å². The number of hydrogen-bond donors (Lipinski definition) is 0. The van der Waals surface area contributed by atoms with Crippen LogP contribution in [0.15, 0.2) is 56.8 Å². The zero-order chi connectivity index (χ0) is 21.7. The number of halogens is 1. The van der Waals surface area contributed by atoms with Crippen molar-refractivity contribution < 1.29 is 14.5 Å². The number of ether oxygens (including phenoxy) is 1. The zero-order valence-electron chi connectivity index (χ0n) is 16.5. The van der Waals surface area contributed by atoms with Gasteiger partial charge in [-0.05, 0) is 83.0 Å². The van der Waals surface area contributed by atoms with E-state index in [4.69, 9.17) is 4.74 Å². The Morgan fingerprint density at radius 3 is 2.57 bits per heavy atom. The smallest absolute Gasteiger partial charge is 0.269 e. The van der Waals surface area contributed by atoms with Crippen LogP contribution in [-0.2, 0) is 11.4 Å². The van der Waals surface area contributed by atoms with Gasteiger partial charge in [0, 0.05) is 25.2 Å². The highest BCUT2D eigenvalue weighted by molar-refractivity contribution is 9.10. The maximum absolute atomic E-state index is 12.6. The first kappa shape index (κ1) is 22.0. The molecule has 0 spiro atoms. The van der Waals surface area contributed by atoms with Crippen molar-refractivity contribution in [3.8, 4) is 5.75 Å². The molecule has 9 heteroatoms. The van der Waals surface area contributed by atoms with Crippen LogP contribution in [0.2, 0.25) is 0 Å². The molecule has 0 bridgehead atoms. The Morgan fingerprint density at radius 2 is 1.97 bits per heavy atom. The molecule has 0 saturated carbocycles. The average molecular weight is 490 g/mol. The van der Waals surface area contributed by atoms with E-state index in [0.29, 0.717) is 23.7 Å². The third-order valence-electron chi connectivity index (χ3n) is 4.29. The number of aliphatic imine (C=N–C) groups is 1. The van der Waals surface area contributed by atoms with Gasteiger partial charge >= 0.3 is 0 Å². The molecule has 1 aliphatic heterocycles. The minimum Gasteiger partial charge on any atom is -0.488 e. The lowest BCUT2D eigenvalue weighted by Crippen LogP contribution is -2.28. The summed E-state index contributed by atoms with van der Waals surface area (Å²) in [7, 11) is 0. The van der Waals surface area contributed by atoms with E-state index in [-0.39, 0.29) is 18.2 Å². The van der Waals surface area contributed by atoms with E-state index in [9.17, 15) is 14.9 Å². The normalized spacial score (nSPS) is 16.5. The van der Waals surface area contributed by atoms with Crippen molar-refractivity contribution in [3.63, 3.8) is 0 Å². The van der Waals surface area contributed by atoms with E-state index in [0.717, 1.165) is 20.8 Å². The highest BCUT2D eigenvalue weighted by Crippen LogP contribution is 2.34. The topological polar surface area (TPSA) is 85.0 Å². The fraction of sp³-hybridized carbons (Fsp3) is 0.238. The number of carbonyl (C=O) groups excluding carboxylic acids is 1. The fourth-order valence-electron chi connectivity index (χ4n) is 2.79. The summed E-state index contributed by atoms with van der Waals surface area (Å²) in [6, 6.07) is 11.8. The van der Waals surface area contributed by atoms with Crippen LogP contribution in [-0.4, -0.2) is 34.0 Å². The highest BCUT2D eigenvalue weighted by Gasteiger charge is 2.31. The summed E-state index contributed by atoms with van der Waals surface area (Å²) < 4.78 is 6.57. The van der Waals surface area contributed by atoms with Gasteiger partial charge in [0.2, 0.25) is 0 Å². The molecule has 0 radical (unpaired) electrons. The lowest BCUT2D eigenvalue weighted by atomic mass is 10.2. The number of non-ortho nitro benzene ring substituents is 1. The van der Waals surface area contributed by atoms with Gasteiger partial charge in [0.05, 0.1) is 14.3 Å². The van der Waals surface area contributed by atoms with E-state index in [1.54, 1.807) is 17.0 Å².